The summed E-state index contributed by atoms with van der Waals surface area (Å²) in [7, 11) is 0. The quantitative estimate of drug-likeness (QED) is 0.163. The number of benzene rings is 9. The Labute approximate surface area is 342 Å². The number of rotatable bonds is 7. The second-order valence-electron chi connectivity index (χ2n) is 14.8. The summed E-state index contributed by atoms with van der Waals surface area (Å²) in [5, 5.41) is 4.83. The maximum absolute atomic E-state index is 5.31. The molecular weight excluding hydrogens is 717 g/mol. The van der Waals surface area contributed by atoms with Crippen molar-refractivity contribution >= 4 is 32.6 Å². The number of hydrogen-bond acceptors (Lipinski definition) is 3. The van der Waals surface area contributed by atoms with E-state index in [2.05, 4.69) is 217 Å². The molecule has 0 amide bonds. The van der Waals surface area contributed by atoms with Gasteiger partial charge in [0.25, 0.3) is 0 Å². The van der Waals surface area contributed by atoms with Gasteiger partial charge in [0.15, 0.2) is 17.5 Å². The molecule has 276 valence electrons. The molecule has 0 N–H and O–H groups in total. The van der Waals surface area contributed by atoms with Crippen molar-refractivity contribution < 1.29 is 0 Å². The van der Waals surface area contributed by atoms with Gasteiger partial charge in [-0.05, 0) is 68.4 Å². The molecule has 0 spiro atoms. The molecule has 0 radical (unpaired) electrons. The third kappa shape index (κ3) is 6.24. The molecule has 11 rings (SSSR count). The molecule has 0 fully saturated rings. The van der Waals surface area contributed by atoms with E-state index in [1.165, 1.54) is 27.1 Å². The van der Waals surface area contributed by atoms with Crippen LogP contribution in [0.3, 0.4) is 0 Å². The van der Waals surface area contributed by atoms with Crippen molar-refractivity contribution in [2.24, 2.45) is 0 Å². The van der Waals surface area contributed by atoms with Crippen LogP contribution in [0, 0.1) is 0 Å². The van der Waals surface area contributed by atoms with E-state index in [0.717, 1.165) is 61.2 Å². The molecule has 0 aliphatic rings. The van der Waals surface area contributed by atoms with Crippen LogP contribution in [-0.2, 0) is 0 Å². The Morgan fingerprint density at radius 3 is 1.34 bits per heavy atom. The summed E-state index contributed by atoms with van der Waals surface area (Å²) in [6.07, 6.45) is 0. The molecular formula is C55H36N4. The highest BCUT2D eigenvalue weighted by Gasteiger charge is 2.20. The molecule has 0 aliphatic heterocycles. The van der Waals surface area contributed by atoms with Crippen LogP contribution >= 0.6 is 0 Å². The number of nitrogens with zero attached hydrogens (tertiary/aromatic N) is 4. The van der Waals surface area contributed by atoms with E-state index in [1.54, 1.807) is 0 Å². The van der Waals surface area contributed by atoms with E-state index in [1.807, 2.05) is 6.07 Å². The second-order valence-corrected chi connectivity index (χ2v) is 14.8. The van der Waals surface area contributed by atoms with Gasteiger partial charge in [-0.25, -0.2) is 15.0 Å². The lowest BCUT2D eigenvalue weighted by molar-refractivity contribution is 1.06. The van der Waals surface area contributed by atoms with E-state index in [0.29, 0.717) is 17.5 Å². The predicted molar refractivity (Wildman–Crippen MR) is 244 cm³/mol. The first-order valence-electron chi connectivity index (χ1n) is 19.9. The highest BCUT2D eigenvalue weighted by Crippen LogP contribution is 2.39. The molecule has 4 heteroatoms. The van der Waals surface area contributed by atoms with Crippen molar-refractivity contribution in [2.75, 3.05) is 0 Å². The fourth-order valence-corrected chi connectivity index (χ4v) is 8.37. The van der Waals surface area contributed by atoms with Crippen LogP contribution in [0.2, 0.25) is 0 Å². The Morgan fingerprint density at radius 2 is 0.712 bits per heavy atom. The lowest BCUT2D eigenvalue weighted by atomic mass is 9.97. The molecule has 2 heterocycles. The maximum atomic E-state index is 5.31. The van der Waals surface area contributed by atoms with Crippen molar-refractivity contribution in [1.82, 2.24) is 19.5 Å². The third-order valence-corrected chi connectivity index (χ3v) is 11.3. The third-order valence-electron chi connectivity index (χ3n) is 11.3. The lowest BCUT2D eigenvalue weighted by Gasteiger charge is -2.16. The summed E-state index contributed by atoms with van der Waals surface area (Å²) in [5.41, 5.74) is 12.9. The molecule has 0 atom stereocenters. The molecule has 0 bridgehead atoms. The van der Waals surface area contributed by atoms with Gasteiger partial charge in [-0.1, -0.05) is 194 Å². The van der Waals surface area contributed by atoms with Gasteiger partial charge >= 0.3 is 0 Å². The average molecular weight is 753 g/mol. The molecule has 2 aromatic heterocycles. The van der Waals surface area contributed by atoms with Crippen molar-refractivity contribution in [3.05, 3.63) is 218 Å². The van der Waals surface area contributed by atoms with Gasteiger partial charge in [0.1, 0.15) is 0 Å². The van der Waals surface area contributed by atoms with E-state index in [9.17, 15) is 0 Å². The highest BCUT2D eigenvalue weighted by molar-refractivity contribution is 6.10. The van der Waals surface area contributed by atoms with Crippen molar-refractivity contribution in [3.63, 3.8) is 0 Å². The van der Waals surface area contributed by atoms with Crippen LogP contribution in [0.4, 0.5) is 0 Å². The number of hydrogen-bond donors (Lipinski definition) is 0. The molecule has 59 heavy (non-hydrogen) atoms. The van der Waals surface area contributed by atoms with Crippen molar-refractivity contribution in [2.45, 2.75) is 0 Å². The second kappa shape index (κ2) is 14.5. The first-order chi connectivity index (χ1) is 29.2. The minimum absolute atomic E-state index is 0.603. The van der Waals surface area contributed by atoms with Crippen molar-refractivity contribution in [1.29, 1.82) is 0 Å². The zero-order valence-electron chi connectivity index (χ0n) is 32.1. The fourth-order valence-electron chi connectivity index (χ4n) is 8.37. The van der Waals surface area contributed by atoms with Gasteiger partial charge in [-0.15, -0.1) is 0 Å². The van der Waals surface area contributed by atoms with Crippen LogP contribution in [0.25, 0.3) is 106 Å². The number of fused-ring (bicyclic) bond motifs is 4. The van der Waals surface area contributed by atoms with E-state index in [-0.39, 0.29) is 0 Å². The maximum Gasteiger partial charge on any atom is 0.166 e. The Balaban J connectivity index is 1.12. The van der Waals surface area contributed by atoms with Crippen LogP contribution in [0.1, 0.15) is 0 Å². The van der Waals surface area contributed by atoms with Gasteiger partial charge in [0.2, 0.25) is 0 Å². The zero-order valence-corrected chi connectivity index (χ0v) is 32.1. The Kier molecular flexibility index (Phi) is 8.45. The molecule has 9 aromatic carbocycles. The van der Waals surface area contributed by atoms with Gasteiger partial charge in [-0.3, -0.25) is 0 Å². The average Bonchev–Trinajstić information content (AvgIpc) is 3.66. The first kappa shape index (κ1) is 34.3. The van der Waals surface area contributed by atoms with Crippen LogP contribution < -0.4 is 0 Å². The largest absolute Gasteiger partial charge is 0.308 e. The van der Waals surface area contributed by atoms with Crippen LogP contribution in [0.15, 0.2) is 218 Å². The Bertz CT molecular complexity index is 3240. The highest BCUT2D eigenvalue weighted by atomic mass is 15.1. The molecule has 11 aromatic rings. The SMILES string of the molecule is c1ccc(-c2ccc(-c3nc(-c4ccc(-c5cccc6ccccc56)cc4)nc(-c4ccc(-c5ccccc5)cc4-n4c5ccccc5c5ccccc54)n3)cc2)cc1. The Hall–Kier alpha value is -7.95. The molecule has 0 saturated heterocycles. The number of aromatic nitrogens is 4. The minimum Gasteiger partial charge on any atom is -0.308 e. The van der Waals surface area contributed by atoms with E-state index < -0.39 is 0 Å². The number of para-hydroxylation sites is 2. The smallest absolute Gasteiger partial charge is 0.166 e. The van der Waals surface area contributed by atoms with E-state index >= 15 is 0 Å². The van der Waals surface area contributed by atoms with Crippen LogP contribution in [0.5, 0.6) is 0 Å². The monoisotopic (exact) mass is 752 g/mol. The molecule has 0 saturated carbocycles. The normalized spacial score (nSPS) is 11.4. The molecule has 0 unspecified atom stereocenters. The standard InChI is InChI=1S/C55H36N4/c1-3-14-37(15-4-1)39-26-30-42(31-27-39)53-56-54(43-32-28-41(29-33-43)46-23-13-19-40-18-7-8-20-45(40)46)58-55(57-53)49-35-34-44(38-16-5-2-6-17-38)36-52(49)59-50-24-11-9-21-47(50)48-22-10-12-25-51(48)59/h1-36H. The summed E-state index contributed by atoms with van der Waals surface area (Å²) in [6, 6.07) is 77.0. The van der Waals surface area contributed by atoms with Gasteiger partial charge < -0.3 is 4.57 Å². The van der Waals surface area contributed by atoms with Crippen LogP contribution in [-0.4, -0.2) is 19.5 Å². The Morgan fingerprint density at radius 1 is 0.271 bits per heavy atom. The van der Waals surface area contributed by atoms with Gasteiger partial charge in [0, 0.05) is 27.5 Å². The fraction of sp³-hybridized carbons (Fsp3) is 0. The summed E-state index contributed by atoms with van der Waals surface area (Å²) < 4.78 is 2.36. The topological polar surface area (TPSA) is 43.6 Å². The van der Waals surface area contributed by atoms with Crippen molar-refractivity contribution in [3.8, 4) is 73.2 Å². The van der Waals surface area contributed by atoms with Gasteiger partial charge in [0.05, 0.1) is 16.7 Å². The minimum atomic E-state index is 0.603. The lowest BCUT2D eigenvalue weighted by Crippen LogP contribution is -2.04. The molecule has 4 nitrogen and oxygen atoms in total. The summed E-state index contributed by atoms with van der Waals surface area (Å²) in [5.74, 6) is 1.83. The van der Waals surface area contributed by atoms with E-state index in [4.69, 9.17) is 15.0 Å². The predicted octanol–water partition coefficient (Wildman–Crippen LogP) is 14.1. The summed E-state index contributed by atoms with van der Waals surface area (Å²) >= 11 is 0. The summed E-state index contributed by atoms with van der Waals surface area (Å²) in [4.78, 5) is 15.8. The molecule has 0 aliphatic carbocycles. The first-order valence-corrected chi connectivity index (χ1v) is 19.9. The zero-order chi connectivity index (χ0) is 39.1. The van der Waals surface area contributed by atoms with Gasteiger partial charge in [-0.2, -0.15) is 0 Å². The summed E-state index contributed by atoms with van der Waals surface area (Å²) in [6.45, 7) is 0.